The Labute approximate surface area is 144 Å². The number of nitrogens with zero attached hydrogens (tertiary/aromatic N) is 2. The number of carbonyl (C=O) groups excluding carboxylic acids is 1. The molecule has 1 aromatic carbocycles. The molecule has 0 saturated heterocycles. The zero-order chi connectivity index (χ0) is 16.2. The molecule has 2 aromatic rings. The van der Waals surface area contributed by atoms with Crippen molar-refractivity contribution in [3.8, 4) is 0 Å². The predicted molar refractivity (Wildman–Crippen MR) is 94.7 cm³/mol. The van der Waals surface area contributed by atoms with Crippen molar-refractivity contribution in [2.45, 2.75) is 32.6 Å². The summed E-state index contributed by atoms with van der Waals surface area (Å²) < 4.78 is 0.764. The average molecular weight is 372 g/mol. The molecule has 1 aromatic heterocycles. The van der Waals surface area contributed by atoms with Gasteiger partial charge in [0.1, 0.15) is 0 Å². The molecule has 0 radical (unpaired) electrons. The summed E-state index contributed by atoms with van der Waals surface area (Å²) in [5.41, 5.74) is 7.77. The van der Waals surface area contributed by atoms with Crippen molar-refractivity contribution >= 4 is 27.5 Å². The first kappa shape index (κ1) is 15.9. The number of rotatable bonds is 3. The summed E-state index contributed by atoms with van der Waals surface area (Å²) in [4.78, 5) is 16.1. The molecule has 1 aliphatic rings. The van der Waals surface area contributed by atoms with Crippen LogP contribution in [0, 0.1) is 0 Å². The molecule has 5 heteroatoms. The highest BCUT2D eigenvalue weighted by Gasteiger charge is 2.11. The van der Waals surface area contributed by atoms with Crippen LogP contribution in [0.1, 0.15) is 46.8 Å². The third kappa shape index (κ3) is 3.85. The molecular weight excluding hydrogens is 354 g/mol. The number of hydrazone groups is 1. The topological polar surface area (TPSA) is 54.4 Å². The van der Waals surface area contributed by atoms with E-state index in [1.807, 2.05) is 6.92 Å². The molecule has 4 nitrogen and oxygen atoms in total. The summed E-state index contributed by atoms with van der Waals surface area (Å²) in [6.45, 7) is 1.91. The molecule has 0 fully saturated rings. The number of amides is 1. The minimum Gasteiger partial charge on any atom is -0.267 e. The molecule has 1 N–H and O–H groups in total. The van der Waals surface area contributed by atoms with Gasteiger partial charge in [0.15, 0.2) is 0 Å². The van der Waals surface area contributed by atoms with Crippen LogP contribution in [-0.4, -0.2) is 16.6 Å². The number of benzene rings is 1. The molecule has 0 saturated carbocycles. The first-order valence-electron chi connectivity index (χ1n) is 7.71. The summed E-state index contributed by atoms with van der Waals surface area (Å²) in [6, 6.07) is 8.17. The first-order chi connectivity index (χ1) is 11.1. The van der Waals surface area contributed by atoms with E-state index in [4.69, 9.17) is 0 Å². The van der Waals surface area contributed by atoms with Gasteiger partial charge < -0.3 is 0 Å². The smallest absolute Gasteiger partial charge is 0.267 e. The minimum atomic E-state index is -0.267. The molecular formula is C18H18BrN3O. The maximum absolute atomic E-state index is 12.1. The van der Waals surface area contributed by atoms with E-state index in [9.17, 15) is 4.79 Å². The van der Waals surface area contributed by atoms with Crippen LogP contribution in [0.4, 0.5) is 0 Å². The van der Waals surface area contributed by atoms with Crippen LogP contribution >= 0.6 is 15.9 Å². The number of nitrogens with one attached hydrogen (secondary N) is 1. The summed E-state index contributed by atoms with van der Waals surface area (Å²) in [6.07, 6.45) is 7.97. The van der Waals surface area contributed by atoms with Crippen molar-refractivity contribution in [2.75, 3.05) is 0 Å². The molecule has 0 unspecified atom stereocenters. The lowest BCUT2D eigenvalue weighted by molar-refractivity contribution is 0.0954. The second-order valence-corrected chi connectivity index (χ2v) is 6.64. The number of aryl methyl sites for hydroxylation is 2. The van der Waals surface area contributed by atoms with Gasteiger partial charge >= 0.3 is 0 Å². The Morgan fingerprint density at radius 1 is 1.13 bits per heavy atom. The van der Waals surface area contributed by atoms with E-state index in [0.717, 1.165) is 22.2 Å². The molecule has 1 aliphatic carbocycles. The second-order valence-electron chi connectivity index (χ2n) is 5.72. The highest BCUT2D eigenvalue weighted by molar-refractivity contribution is 9.10. The second kappa shape index (κ2) is 7.04. The van der Waals surface area contributed by atoms with Gasteiger partial charge in [0.05, 0.1) is 11.3 Å². The van der Waals surface area contributed by atoms with Crippen LogP contribution in [0.25, 0.3) is 0 Å². The van der Waals surface area contributed by atoms with Crippen molar-refractivity contribution < 1.29 is 4.79 Å². The number of fused-ring (bicyclic) bond motifs is 1. The Morgan fingerprint density at radius 2 is 1.91 bits per heavy atom. The molecule has 118 valence electrons. The Hall–Kier alpha value is -2.01. The lowest BCUT2D eigenvalue weighted by Gasteiger charge is -2.16. The minimum absolute atomic E-state index is 0.267. The summed E-state index contributed by atoms with van der Waals surface area (Å²) in [5.74, 6) is -0.267. The molecule has 23 heavy (non-hydrogen) atoms. The fourth-order valence-corrected chi connectivity index (χ4v) is 3.12. The van der Waals surface area contributed by atoms with Crippen LogP contribution in [0.15, 0.2) is 46.2 Å². The summed E-state index contributed by atoms with van der Waals surface area (Å²) in [7, 11) is 0. The number of carbonyl (C=O) groups is 1. The van der Waals surface area contributed by atoms with Gasteiger partial charge in [0.25, 0.3) is 5.91 Å². The van der Waals surface area contributed by atoms with Crippen LogP contribution in [0.5, 0.6) is 0 Å². The van der Waals surface area contributed by atoms with E-state index in [-0.39, 0.29) is 5.91 Å². The van der Waals surface area contributed by atoms with Gasteiger partial charge in [-0.3, -0.25) is 9.78 Å². The normalized spacial score (nSPS) is 14.3. The van der Waals surface area contributed by atoms with Crippen LogP contribution < -0.4 is 5.43 Å². The van der Waals surface area contributed by atoms with Crippen molar-refractivity contribution in [3.63, 3.8) is 0 Å². The Balaban J connectivity index is 1.73. The Kier molecular flexibility index (Phi) is 4.86. The van der Waals surface area contributed by atoms with Crippen molar-refractivity contribution in [3.05, 3.63) is 63.4 Å². The Morgan fingerprint density at radius 3 is 2.70 bits per heavy atom. The van der Waals surface area contributed by atoms with Crippen molar-refractivity contribution in [1.82, 2.24) is 10.4 Å². The van der Waals surface area contributed by atoms with E-state index in [0.29, 0.717) is 5.56 Å². The van der Waals surface area contributed by atoms with Crippen molar-refractivity contribution in [2.24, 2.45) is 5.10 Å². The monoisotopic (exact) mass is 371 g/mol. The zero-order valence-electron chi connectivity index (χ0n) is 13.0. The van der Waals surface area contributed by atoms with E-state index < -0.39 is 0 Å². The predicted octanol–water partition coefficient (Wildman–Crippen LogP) is 3.88. The SMILES string of the molecule is CC(=NNC(=O)c1cncc(Br)c1)c1ccc2c(c1)CCCC2. The lowest BCUT2D eigenvalue weighted by Crippen LogP contribution is -2.19. The highest BCUT2D eigenvalue weighted by Crippen LogP contribution is 2.22. The Bertz CT molecular complexity index is 771. The van der Waals surface area contributed by atoms with Crippen LogP contribution in [0.2, 0.25) is 0 Å². The molecule has 0 bridgehead atoms. The molecule has 1 amide bonds. The molecule has 0 atom stereocenters. The van der Waals surface area contributed by atoms with E-state index in [2.05, 4.69) is 49.6 Å². The number of halogens is 1. The van der Waals surface area contributed by atoms with Crippen LogP contribution in [0.3, 0.4) is 0 Å². The van der Waals surface area contributed by atoms with Gasteiger partial charge in [-0.2, -0.15) is 5.10 Å². The highest BCUT2D eigenvalue weighted by atomic mass is 79.9. The standard InChI is InChI=1S/C18H18BrN3O/c1-12(14-7-6-13-4-2-3-5-15(13)8-14)21-22-18(23)16-9-17(19)11-20-10-16/h6-11H,2-5H2,1H3,(H,22,23). The maximum Gasteiger partial charge on any atom is 0.272 e. The number of hydrogen-bond donors (Lipinski definition) is 1. The van der Waals surface area contributed by atoms with E-state index >= 15 is 0 Å². The summed E-state index contributed by atoms with van der Waals surface area (Å²) >= 11 is 3.30. The number of hydrogen-bond acceptors (Lipinski definition) is 3. The summed E-state index contributed by atoms with van der Waals surface area (Å²) in [5, 5.41) is 4.22. The van der Waals surface area contributed by atoms with Gasteiger partial charge in [0, 0.05) is 16.9 Å². The van der Waals surface area contributed by atoms with Gasteiger partial charge in [-0.15, -0.1) is 0 Å². The fraction of sp³-hybridized carbons (Fsp3) is 0.278. The first-order valence-corrected chi connectivity index (χ1v) is 8.50. The lowest BCUT2D eigenvalue weighted by atomic mass is 9.90. The fourth-order valence-electron chi connectivity index (χ4n) is 2.76. The number of pyridine rings is 1. The van der Waals surface area contributed by atoms with Gasteiger partial charge in [-0.25, -0.2) is 5.43 Å². The zero-order valence-corrected chi connectivity index (χ0v) is 14.6. The molecule has 1 heterocycles. The average Bonchev–Trinajstić information content (AvgIpc) is 2.59. The maximum atomic E-state index is 12.1. The van der Waals surface area contributed by atoms with Gasteiger partial charge in [-0.1, -0.05) is 12.1 Å². The third-order valence-corrected chi connectivity index (χ3v) is 4.49. The largest absolute Gasteiger partial charge is 0.272 e. The molecule has 0 aliphatic heterocycles. The molecule has 3 rings (SSSR count). The molecule has 0 spiro atoms. The number of aromatic nitrogens is 1. The van der Waals surface area contributed by atoms with Crippen molar-refractivity contribution in [1.29, 1.82) is 0 Å². The van der Waals surface area contributed by atoms with Crippen LogP contribution in [-0.2, 0) is 12.8 Å². The quantitative estimate of drug-likeness (QED) is 0.657. The van der Waals surface area contributed by atoms with Gasteiger partial charge in [-0.05, 0) is 77.4 Å². The van der Waals surface area contributed by atoms with E-state index in [1.165, 1.54) is 36.6 Å². The van der Waals surface area contributed by atoms with Gasteiger partial charge in [0.2, 0.25) is 0 Å². The van der Waals surface area contributed by atoms with E-state index in [1.54, 1.807) is 12.3 Å². The third-order valence-electron chi connectivity index (χ3n) is 4.06.